The highest BCUT2D eigenvalue weighted by Gasteiger charge is 2.21. The van der Waals surface area contributed by atoms with Crippen molar-refractivity contribution in [1.82, 2.24) is 15.2 Å². The first-order chi connectivity index (χ1) is 13.5. The number of carbonyl (C=O) groups is 1. The zero-order chi connectivity index (χ0) is 19.7. The fraction of sp³-hybridized carbons (Fsp3) is 0.375. The van der Waals surface area contributed by atoms with E-state index in [1.807, 2.05) is 44.4 Å². The van der Waals surface area contributed by atoms with Crippen LogP contribution in [0.1, 0.15) is 46.6 Å². The lowest BCUT2D eigenvalue weighted by Gasteiger charge is -2.25. The van der Waals surface area contributed by atoms with Crippen LogP contribution < -0.4 is 5.32 Å². The minimum atomic E-state index is -0.0107. The van der Waals surface area contributed by atoms with Crippen molar-refractivity contribution in [3.63, 3.8) is 0 Å². The molecule has 0 aliphatic heterocycles. The number of hydrogen-bond donors (Lipinski definition) is 2. The first-order valence-corrected chi connectivity index (χ1v) is 10.2. The van der Waals surface area contributed by atoms with Gasteiger partial charge in [0.2, 0.25) is 0 Å². The topological polar surface area (TPSA) is 48.1 Å². The summed E-state index contributed by atoms with van der Waals surface area (Å²) in [6, 6.07) is 16.5. The number of benzene rings is 2. The summed E-state index contributed by atoms with van der Waals surface area (Å²) in [7, 11) is 4.09. The number of aromatic nitrogens is 1. The van der Waals surface area contributed by atoms with Gasteiger partial charge < -0.3 is 15.2 Å². The maximum atomic E-state index is 12.9. The summed E-state index contributed by atoms with van der Waals surface area (Å²) in [5.74, 6) is 0.694. The molecule has 1 heterocycles. The van der Waals surface area contributed by atoms with Crippen LogP contribution >= 0.6 is 0 Å². The van der Waals surface area contributed by atoms with Gasteiger partial charge in [0.05, 0.1) is 6.04 Å². The Morgan fingerprint density at radius 3 is 2.75 bits per heavy atom. The molecular formula is C24H29N3O. The van der Waals surface area contributed by atoms with Crippen LogP contribution in [0.2, 0.25) is 0 Å². The summed E-state index contributed by atoms with van der Waals surface area (Å²) in [5.41, 5.74) is 5.84. The van der Waals surface area contributed by atoms with Crippen molar-refractivity contribution >= 4 is 16.8 Å². The van der Waals surface area contributed by atoms with E-state index in [1.54, 1.807) is 0 Å². The molecule has 0 saturated carbocycles. The Morgan fingerprint density at radius 1 is 1.21 bits per heavy atom. The van der Waals surface area contributed by atoms with Gasteiger partial charge in [-0.15, -0.1) is 0 Å². The molecule has 4 nitrogen and oxygen atoms in total. The molecule has 1 aromatic heterocycles. The summed E-state index contributed by atoms with van der Waals surface area (Å²) in [5, 5.41) is 4.34. The number of aryl methyl sites for hydroxylation is 1. The normalized spacial score (nSPS) is 17.5. The number of nitrogens with one attached hydrogen (secondary N) is 2. The van der Waals surface area contributed by atoms with Gasteiger partial charge in [0.1, 0.15) is 0 Å². The molecule has 0 radical (unpaired) electrons. The first-order valence-electron chi connectivity index (χ1n) is 10.2. The van der Waals surface area contributed by atoms with Gasteiger partial charge in [-0.1, -0.05) is 37.3 Å². The summed E-state index contributed by atoms with van der Waals surface area (Å²) in [4.78, 5) is 18.6. The lowest BCUT2D eigenvalue weighted by Crippen LogP contribution is -2.34. The Bertz CT molecular complexity index is 974. The summed E-state index contributed by atoms with van der Waals surface area (Å²) in [6.07, 6.45) is 3.43. The van der Waals surface area contributed by atoms with E-state index >= 15 is 0 Å². The average Bonchev–Trinajstić information content (AvgIpc) is 3.05. The highest BCUT2D eigenvalue weighted by Crippen LogP contribution is 2.32. The quantitative estimate of drug-likeness (QED) is 0.697. The second-order valence-corrected chi connectivity index (χ2v) is 8.29. The minimum Gasteiger partial charge on any atom is -0.358 e. The van der Waals surface area contributed by atoms with E-state index in [0.717, 1.165) is 23.9 Å². The maximum Gasteiger partial charge on any atom is 0.251 e. The molecule has 0 unspecified atom stereocenters. The smallest absolute Gasteiger partial charge is 0.251 e. The molecule has 2 N–H and O–H groups in total. The van der Waals surface area contributed by atoms with Crippen LogP contribution in [0.15, 0.2) is 48.5 Å². The Labute approximate surface area is 166 Å². The zero-order valence-electron chi connectivity index (χ0n) is 17.0. The Kier molecular flexibility index (Phi) is 5.23. The highest BCUT2D eigenvalue weighted by atomic mass is 16.1. The number of carbonyl (C=O) groups excluding carboxylic acids is 1. The van der Waals surface area contributed by atoms with E-state index in [9.17, 15) is 4.79 Å². The molecule has 0 fully saturated rings. The SMILES string of the molecule is C[C@@H]1CCc2[nH]c3ccc(C(=O)NC[C@@H](c4ccccc4)N(C)C)cc3c2C1. The van der Waals surface area contributed by atoms with Crippen molar-refractivity contribution in [2.45, 2.75) is 32.2 Å². The largest absolute Gasteiger partial charge is 0.358 e. The fourth-order valence-electron chi connectivity index (χ4n) is 4.30. The summed E-state index contributed by atoms with van der Waals surface area (Å²) < 4.78 is 0. The van der Waals surface area contributed by atoms with Crippen molar-refractivity contribution in [3.05, 3.63) is 70.9 Å². The summed E-state index contributed by atoms with van der Waals surface area (Å²) in [6.45, 7) is 2.89. The Balaban J connectivity index is 1.53. The summed E-state index contributed by atoms with van der Waals surface area (Å²) >= 11 is 0. The molecule has 1 aliphatic carbocycles. The number of aromatic amines is 1. The van der Waals surface area contributed by atoms with Gasteiger partial charge in [0.15, 0.2) is 0 Å². The van der Waals surface area contributed by atoms with E-state index in [0.29, 0.717) is 12.5 Å². The minimum absolute atomic E-state index is 0.0107. The standard InChI is InChI=1S/C24H29N3O/c1-16-9-11-21-19(13-16)20-14-18(10-12-22(20)26-21)24(28)25-15-23(27(2)3)17-7-5-4-6-8-17/h4-8,10,12,14,16,23,26H,9,11,13,15H2,1-3H3,(H,25,28)/t16-,23+/m1/s1. The van der Waals surface area contributed by atoms with E-state index in [1.165, 1.54) is 28.6 Å². The molecule has 3 aromatic rings. The van der Waals surface area contributed by atoms with Crippen molar-refractivity contribution in [1.29, 1.82) is 0 Å². The van der Waals surface area contributed by atoms with E-state index < -0.39 is 0 Å². The molecule has 0 bridgehead atoms. The third kappa shape index (κ3) is 3.69. The predicted octanol–water partition coefficient (Wildman–Crippen LogP) is 4.33. The van der Waals surface area contributed by atoms with Gasteiger partial charge >= 0.3 is 0 Å². The molecule has 0 spiro atoms. The third-order valence-corrected chi connectivity index (χ3v) is 5.96. The molecule has 28 heavy (non-hydrogen) atoms. The fourth-order valence-corrected chi connectivity index (χ4v) is 4.30. The predicted molar refractivity (Wildman–Crippen MR) is 115 cm³/mol. The number of hydrogen-bond acceptors (Lipinski definition) is 2. The van der Waals surface area contributed by atoms with E-state index in [-0.39, 0.29) is 11.9 Å². The molecule has 1 aliphatic rings. The molecule has 2 atom stereocenters. The van der Waals surface area contributed by atoms with Gasteiger partial charge in [-0.3, -0.25) is 4.79 Å². The van der Waals surface area contributed by atoms with Crippen LogP contribution in [-0.2, 0) is 12.8 Å². The number of fused-ring (bicyclic) bond motifs is 3. The lowest BCUT2D eigenvalue weighted by atomic mass is 9.87. The third-order valence-electron chi connectivity index (χ3n) is 5.96. The molecule has 2 aromatic carbocycles. The van der Waals surface area contributed by atoms with Crippen LogP contribution in [0, 0.1) is 5.92 Å². The highest BCUT2D eigenvalue weighted by molar-refractivity contribution is 5.99. The van der Waals surface area contributed by atoms with Crippen LogP contribution in [0.25, 0.3) is 10.9 Å². The lowest BCUT2D eigenvalue weighted by molar-refractivity contribution is 0.0942. The number of H-pyrrole nitrogens is 1. The van der Waals surface area contributed by atoms with Crippen molar-refractivity contribution in [2.24, 2.45) is 5.92 Å². The first kappa shape index (κ1) is 18.8. The molecular weight excluding hydrogens is 346 g/mol. The average molecular weight is 376 g/mol. The zero-order valence-corrected chi connectivity index (χ0v) is 17.0. The van der Waals surface area contributed by atoms with Crippen LogP contribution in [0.3, 0.4) is 0 Å². The van der Waals surface area contributed by atoms with Gasteiger partial charge in [-0.05, 0) is 68.6 Å². The Hall–Kier alpha value is -2.59. The number of amides is 1. The number of nitrogens with zero attached hydrogens (tertiary/aromatic N) is 1. The molecule has 4 heteroatoms. The van der Waals surface area contributed by atoms with Crippen LogP contribution in [-0.4, -0.2) is 36.4 Å². The second kappa shape index (κ2) is 7.80. The Morgan fingerprint density at radius 2 is 2.00 bits per heavy atom. The monoisotopic (exact) mass is 375 g/mol. The van der Waals surface area contributed by atoms with Gasteiger partial charge in [0.25, 0.3) is 5.91 Å². The van der Waals surface area contributed by atoms with Crippen LogP contribution in [0.5, 0.6) is 0 Å². The van der Waals surface area contributed by atoms with Gasteiger partial charge in [-0.2, -0.15) is 0 Å². The van der Waals surface area contributed by atoms with Crippen LogP contribution in [0.4, 0.5) is 0 Å². The van der Waals surface area contributed by atoms with Gasteiger partial charge in [-0.25, -0.2) is 0 Å². The number of rotatable bonds is 5. The molecule has 0 saturated heterocycles. The van der Waals surface area contributed by atoms with E-state index in [2.05, 4.69) is 40.3 Å². The molecule has 1 amide bonds. The van der Waals surface area contributed by atoms with Crippen molar-refractivity contribution in [2.75, 3.05) is 20.6 Å². The number of likely N-dealkylation sites (N-methyl/N-ethyl adjacent to an activating group) is 1. The second-order valence-electron chi connectivity index (χ2n) is 8.29. The maximum absolute atomic E-state index is 12.9. The van der Waals surface area contributed by atoms with E-state index in [4.69, 9.17) is 0 Å². The van der Waals surface area contributed by atoms with Gasteiger partial charge in [0, 0.05) is 28.7 Å². The molecule has 4 rings (SSSR count). The van der Waals surface area contributed by atoms with Crippen molar-refractivity contribution in [3.8, 4) is 0 Å². The molecule has 146 valence electrons. The van der Waals surface area contributed by atoms with Crippen molar-refractivity contribution < 1.29 is 4.79 Å².